The molecule has 1 unspecified atom stereocenters. The quantitative estimate of drug-likeness (QED) is 0.247. The number of anilines is 2. The average Bonchev–Trinajstić information content (AvgIpc) is 3.77. The lowest BCUT2D eigenvalue weighted by molar-refractivity contribution is -0.228. The van der Waals surface area contributed by atoms with Crippen molar-refractivity contribution >= 4 is 40.0 Å². The molecule has 49 heavy (non-hydrogen) atoms. The van der Waals surface area contributed by atoms with Crippen LogP contribution in [0, 0.1) is 11.3 Å². The molecule has 0 bridgehead atoms. The maximum atomic E-state index is 13.1. The molecule has 3 fully saturated rings. The van der Waals surface area contributed by atoms with E-state index in [0.717, 1.165) is 42.4 Å². The highest BCUT2D eigenvalue weighted by Gasteiger charge is 2.50. The van der Waals surface area contributed by atoms with Crippen LogP contribution in [0.25, 0.3) is 33.2 Å². The summed E-state index contributed by atoms with van der Waals surface area (Å²) < 4.78 is 43.3. The molecule has 0 amide bonds. The Labute approximate surface area is 278 Å². The number of hydrogen-bond acceptors (Lipinski definition) is 11. The number of hydrogen-bond donors (Lipinski definition) is 2. The van der Waals surface area contributed by atoms with Gasteiger partial charge in [-0.15, -0.1) is 0 Å². The average molecular weight is 674 g/mol. The molecule has 0 aliphatic carbocycles. The predicted molar refractivity (Wildman–Crippen MR) is 176 cm³/mol. The van der Waals surface area contributed by atoms with Crippen LogP contribution >= 0.6 is 0 Å². The Hall–Kier alpha value is -5.46. The summed E-state index contributed by atoms with van der Waals surface area (Å²) >= 11 is 0. The summed E-state index contributed by atoms with van der Waals surface area (Å²) in [5, 5.41) is 16.7. The summed E-state index contributed by atoms with van der Waals surface area (Å²) in [6.07, 6.45) is 2.64. The van der Waals surface area contributed by atoms with Crippen molar-refractivity contribution in [3.05, 3.63) is 76.7 Å². The van der Waals surface area contributed by atoms with Crippen molar-refractivity contribution in [1.29, 1.82) is 5.26 Å². The molecule has 1 aromatic carbocycles. The molecule has 3 aliphatic heterocycles. The first-order valence-corrected chi connectivity index (χ1v) is 15.7. The number of nitrogens with zero attached hydrogens (tertiary/aromatic N) is 6. The number of pyridine rings is 2. The number of halogens is 2. The molecule has 254 valence electrons. The van der Waals surface area contributed by atoms with E-state index in [2.05, 4.69) is 31.8 Å². The second-order valence-electron chi connectivity index (χ2n) is 11.7. The number of ether oxygens (including phenoxy) is 2. The van der Waals surface area contributed by atoms with E-state index in [4.69, 9.17) is 29.1 Å². The smallest absolute Gasteiger partial charge is 0.297 e. The molecule has 1 spiro atoms. The fourth-order valence-corrected chi connectivity index (χ4v) is 6.26. The molecule has 5 aromatic rings. The van der Waals surface area contributed by atoms with Gasteiger partial charge in [0.2, 0.25) is 0 Å². The minimum absolute atomic E-state index is 0.0402. The summed E-state index contributed by atoms with van der Waals surface area (Å²) in [4.78, 5) is 39.8. The SMILES string of the molecule is CC1N(c2cc(-c3ccnc(C#N)c3)c[nH]c2=O)CCOC12COC2.FC(F)c1nc(N2CCCC2)c2oc3ccccc3c2n1.O=CO. The van der Waals surface area contributed by atoms with Gasteiger partial charge in [0.05, 0.1) is 25.9 Å². The number of furan rings is 1. The van der Waals surface area contributed by atoms with Gasteiger partial charge in [-0.2, -0.15) is 5.26 Å². The van der Waals surface area contributed by atoms with Crippen LogP contribution in [-0.2, 0) is 14.3 Å². The lowest BCUT2D eigenvalue weighted by Gasteiger charge is -2.53. The van der Waals surface area contributed by atoms with Crippen LogP contribution in [0.4, 0.5) is 20.3 Å². The lowest BCUT2D eigenvalue weighted by Crippen LogP contribution is -2.68. The number of aromatic amines is 1. The van der Waals surface area contributed by atoms with E-state index in [9.17, 15) is 13.6 Å². The third-order valence-electron chi connectivity index (χ3n) is 8.86. The van der Waals surface area contributed by atoms with E-state index < -0.39 is 12.2 Å². The Balaban J connectivity index is 0.000000159. The van der Waals surface area contributed by atoms with Crippen LogP contribution < -0.4 is 15.4 Å². The molecule has 8 rings (SSSR count). The van der Waals surface area contributed by atoms with Crippen molar-refractivity contribution in [3.8, 4) is 17.2 Å². The van der Waals surface area contributed by atoms with Crippen molar-refractivity contribution in [2.24, 2.45) is 0 Å². The highest BCUT2D eigenvalue weighted by Crippen LogP contribution is 2.36. The second kappa shape index (κ2) is 14.3. The van der Waals surface area contributed by atoms with Crippen LogP contribution in [0.2, 0.25) is 0 Å². The fourth-order valence-electron chi connectivity index (χ4n) is 6.26. The number of H-pyrrole nitrogens is 1. The number of nitriles is 1. The first-order valence-electron chi connectivity index (χ1n) is 15.7. The van der Waals surface area contributed by atoms with Gasteiger partial charge in [-0.25, -0.2) is 23.7 Å². The van der Waals surface area contributed by atoms with E-state index in [1.54, 1.807) is 18.5 Å². The number of para-hydroxylation sites is 1. The van der Waals surface area contributed by atoms with E-state index >= 15 is 0 Å². The first-order chi connectivity index (χ1) is 23.8. The van der Waals surface area contributed by atoms with Crippen LogP contribution in [0.5, 0.6) is 0 Å². The zero-order valence-electron chi connectivity index (χ0n) is 26.5. The fraction of sp³-hybridized carbons (Fsp3) is 0.353. The molecule has 2 N–H and O–H groups in total. The van der Waals surface area contributed by atoms with Crippen molar-refractivity contribution in [1.82, 2.24) is 19.9 Å². The Kier molecular flexibility index (Phi) is 9.79. The summed E-state index contributed by atoms with van der Waals surface area (Å²) in [6.45, 7) is 5.75. The maximum absolute atomic E-state index is 13.1. The number of benzene rings is 1. The number of carboxylic acid groups (broad SMARTS) is 1. The monoisotopic (exact) mass is 673 g/mol. The van der Waals surface area contributed by atoms with Gasteiger partial charge >= 0.3 is 0 Å². The van der Waals surface area contributed by atoms with Crippen LogP contribution in [0.15, 0.2) is 64.1 Å². The Morgan fingerprint density at radius 3 is 2.57 bits per heavy atom. The topological polar surface area (TPSA) is 171 Å². The van der Waals surface area contributed by atoms with E-state index in [1.165, 1.54) is 0 Å². The first kappa shape index (κ1) is 33.4. The summed E-state index contributed by atoms with van der Waals surface area (Å²) in [7, 11) is 0. The third-order valence-corrected chi connectivity index (χ3v) is 8.86. The highest BCUT2D eigenvalue weighted by atomic mass is 19.3. The predicted octanol–water partition coefficient (Wildman–Crippen LogP) is 4.92. The van der Waals surface area contributed by atoms with Gasteiger partial charge < -0.3 is 33.8 Å². The summed E-state index contributed by atoms with van der Waals surface area (Å²) in [6, 6.07) is 14.8. The van der Waals surface area contributed by atoms with Crippen LogP contribution in [0.1, 0.15) is 37.7 Å². The van der Waals surface area contributed by atoms with Gasteiger partial charge in [-0.1, -0.05) is 12.1 Å². The molecule has 4 aromatic heterocycles. The largest absolute Gasteiger partial charge is 0.483 e. The number of carbonyl (C=O) groups is 1. The highest BCUT2D eigenvalue weighted by molar-refractivity contribution is 6.05. The molecule has 3 aliphatic rings. The Morgan fingerprint density at radius 2 is 1.88 bits per heavy atom. The third kappa shape index (κ3) is 6.65. The zero-order valence-corrected chi connectivity index (χ0v) is 26.5. The molecular formula is C34H33F2N7O6. The van der Waals surface area contributed by atoms with Gasteiger partial charge in [-0.3, -0.25) is 9.59 Å². The number of morpholine rings is 1. The minimum atomic E-state index is -2.69. The summed E-state index contributed by atoms with van der Waals surface area (Å²) in [5.41, 5.74) is 3.78. The van der Waals surface area contributed by atoms with Gasteiger partial charge in [-0.05, 0) is 55.7 Å². The van der Waals surface area contributed by atoms with Crippen molar-refractivity contribution in [2.75, 3.05) is 49.3 Å². The molecule has 1 atom stereocenters. The molecule has 13 nitrogen and oxygen atoms in total. The van der Waals surface area contributed by atoms with Crippen molar-refractivity contribution in [3.63, 3.8) is 0 Å². The molecule has 0 radical (unpaired) electrons. The number of fused-ring (bicyclic) bond motifs is 3. The van der Waals surface area contributed by atoms with Crippen molar-refractivity contribution < 1.29 is 32.6 Å². The van der Waals surface area contributed by atoms with E-state index in [-0.39, 0.29) is 23.7 Å². The minimum Gasteiger partial charge on any atom is -0.483 e. The zero-order chi connectivity index (χ0) is 34.5. The molecule has 15 heteroatoms. The summed E-state index contributed by atoms with van der Waals surface area (Å²) in [5.74, 6) is 0.0555. The van der Waals surface area contributed by atoms with Crippen molar-refractivity contribution in [2.45, 2.75) is 37.8 Å². The number of alkyl halides is 2. The normalized spacial score (nSPS) is 18.0. The van der Waals surface area contributed by atoms with Gasteiger partial charge in [0.15, 0.2) is 17.2 Å². The van der Waals surface area contributed by atoms with E-state index in [1.807, 2.05) is 47.4 Å². The Morgan fingerprint density at radius 1 is 1.12 bits per heavy atom. The number of nitrogens with one attached hydrogen (secondary N) is 1. The molecular weight excluding hydrogens is 640 g/mol. The standard InChI is InChI=1S/C18H18N4O3.C15H13F2N3O.CH2O2/c1-12-18(10-24-11-18)25-5-4-22(12)16-7-14(9-21-17(16)23)13-2-3-20-15(6-13)8-19;16-13(17)14-18-11-9-5-1-2-6-10(9)21-12(11)15(19-14)20-7-3-4-8-20;2-1-3/h2-3,6-7,9,12H,4-5,10-11H2,1H3,(H,21,23);1-2,5-6,13H,3-4,7-8H2;1H,(H,2,3). The number of aromatic nitrogens is 4. The number of rotatable bonds is 4. The Bertz CT molecular complexity index is 2050. The molecule has 3 saturated heterocycles. The van der Waals surface area contributed by atoms with Crippen LogP contribution in [0.3, 0.4) is 0 Å². The second-order valence-corrected chi connectivity index (χ2v) is 11.7. The lowest BCUT2D eigenvalue weighted by atomic mass is 9.90. The van der Waals surface area contributed by atoms with Gasteiger partial charge in [0, 0.05) is 43.0 Å². The maximum Gasteiger partial charge on any atom is 0.297 e. The van der Waals surface area contributed by atoms with Crippen LogP contribution in [-0.4, -0.2) is 82.6 Å². The molecule has 7 heterocycles. The van der Waals surface area contributed by atoms with E-state index in [0.29, 0.717) is 60.2 Å². The van der Waals surface area contributed by atoms with Gasteiger partial charge in [0.25, 0.3) is 18.5 Å². The molecule has 0 saturated carbocycles. The van der Waals surface area contributed by atoms with Gasteiger partial charge in [0.1, 0.15) is 34.2 Å².